The molecule has 88 valence electrons. The molecule has 0 bridgehead atoms. The van der Waals surface area contributed by atoms with Gasteiger partial charge in [-0.05, 0) is 37.3 Å². The minimum atomic E-state index is -0.301. The molecule has 5 heteroatoms. The molecule has 1 N–H and O–H groups in total. The lowest BCUT2D eigenvalue weighted by atomic mass is 10.2. The highest BCUT2D eigenvalue weighted by atomic mass is 16.1. The third kappa shape index (κ3) is 2.68. The maximum absolute atomic E-state index is 11.9. The van der Waals surface area contributed by atoms with Crippen LogP contribution in [0.1, 0.15) is 21.9 Å². The summed E-state index contributed by atoms with van der Waals surface area (Å²) in [4.78, 5) is 19.8. The smallest absolute Gasteiger partial charge is 0.274 e. The van der Waals surface area contributed by atoms with Crippen LogP contribution >= 0.6 is 0 Å². The first-order valence-electron chi connectivity index (χ1n) is 5.30. The SMILES string of the molecule is Cc1nccc(C(=O)Nc2ccc(C#N)cc2)n1. The maximum Gasteiger partial charge on any atom is 0.274 e. The molecule has 0 radical (unpaired) electrons. The number of hydrogen-bond acceptors (Lipinski definition) is 4. The summed E-state index contributed by atoms with van der Waals surface area (Å²) in [6, 6.07) is 10.2. The predicted molar refractivity (Wildman–Crippen MR) is 65.9 cm³/mol. The van der Waals surface area contributed by atoms with E-state index in [1.54, 1.807) is 37.3 Å². The number of aryl methyl sites for hydroxylation is 1. The summed E-state index contributed by atoms with van der Waals surface area (Å²) in [5.41, 5.74) is 1.48. The summed E-state index contributed by atoms with van der Waals surface area (Å²) in [5, 5.41) is 11.4. The molecule has 2 aromatic rings. The summed E-state index contributed by atoms with van der Waals surface area (Å²) in [6.45, 7) is 1.72. The Bertz CT molecular complexity index is 614. The Kier molecular flexibility index (Phi) is 3.30. The zero-order chi connectivity index (χ0) is 13.0. The van der Waals surface area contributed by atoms with Crippen molar-refractivity contribution < 1.29 is 4.79 Å². The van der Waals surface area contributed by atoms with Crippen LogP contribution in [0.15, 0.2) is 36.5 Å². The van der Waals surface area contributed by atoms with Crippen LogP contribution in [0.2, 0.25) is 0 Å². The molecule has 0 aliphatic heterocycles. The highest BCUT2D eigenvalue weighted by molar-refractivity contribution is 6.02. The van der Waals surface area contributed by atoms with E-state index in [2.05, 4.69) is 15.3 Å². The fraction of sp³-hybridized carbons (Fsp3) is 0.0769. The Balaban J connectivity index is 2.14. The molecule has 0 aliphatic carbocycles. The van der Waals surface area contributed by atoms with Gasteiger partial charge in [0.2, 0.25) is 0 Å². The molecule has 2 rings (SSSR count). The second-order valence-corrected chi connectivity index (χ2v) is 3.63. The fourth-order valence-corrected chi connectivity index (χ4v) is 1.41. The third-order valence-electron chi connectivity index (χ3n) is 2.28. The van der Waals surface area contributed by atoms with E-state index in [1.165, 1.54) is 6.20 Å². The monoisotopic (exact) mass is 238 g/mol. The van der Waals surface area contributed by atoms with E-state index in [-0.39, 0.29) is 5.91 Å². The molecule has 5 nitrogen and oxygen atoms in total. The van der Waals surface area contributed by atoms with Gasteiger partial charge in [0.15, 0.2) is 0 Å². The van der Waals surface area contributed by atoms with Gasteiger partial charge in [-0.3, -0.25) is 4.79 Å². The minimum Gasteiger partial charge on any atom is -0.321 e. The van der Waals surface area contributed by atoms with E-state index >= 15 is 0 Å². The number of aromatic nitrogens is 2. The van der Waals surface area contributed by atoms with Gasteiger partial charge in [0.1, 0.15) is 11.5 Å². The van der Waals surface area contributed by atoms with Crippen LogP contribution < -0.4 is 5.32 Å². The van der Waals surface area contributed by atoms with Gasteiger partial charge in [-0.2, -0.15) is 5.26 Å². The van der Waals surface area contributed by atoms with Crippen molar-refractivity contribution >= 4 is 11.6 Å². The van der Waals surface area contributed by atoms with Crippen molar-refractivity contribution in [3.63, 3.8) is 0 Å². The largest absolute Gasteiger partial charge is 0.321 e. The van der Waals surface area contributed by atoms with Crippen LogP contribution in [0.25, 0.3) is 0 Å². The fourth-order valence-electron chi connectivity index (χ4n) is 1.41. The predicted octanol–water partition coefficient (Wildman–Crippen LogP) is 1.91. The van der Waals surface area contributed by atoms with Crippen molar-refractivity contribution in [1.82, 2.24) is 9.97 Å². The number of carbonyl (C=O) groups excluding carboxylic acids is 1. The first-order chi connectivity index (χ1) is 8.69. The van der Waals surface area contributed by atoms with Gasteiger partial charge in [0.25, 0.3) is 5.91 Å². The normalized spacial score (nSPS) is 9.56. The highest BCUT2D eigenvalue weighted by Crippen LogP contribution is 2.10. The van der Waals surface area contributed by atoms with Crippen LogP contribution in [0.4, 0.5) is 5.69 Å². The molecule has 1 amide bonds. The van der Waals surface area contributed by atoms with E-state index in [0.29, 0.717) is 22.8 Å². The first-order valence-corrected chi connectivity index (χ1v) is 5.30. The first kappa shape index (κ1) is 11.7. The zero-order valence-corrected chi connectivity index (χ0v) is 9.71. The Morgan fingerprint density at radius 2 is 2.00 bits per heavy atom. The van der Waals surface area contributed by atoms with Crippen LogP contribution in [-0.2, 0) is 0 Å². The summed E-state index contributed by atoms with van der Waals surface area (Å²) in [6.07, 6.45) is 1.54. The van der Waals surface area contributed by atoms with Crippen LogP contribution in [-0.4, -0.2) is 15.9 Å². The van der Waals surface area contributed by atoms with Gasteiger partial charge >= 0.3 is 0 Å². The molecular weight excluding hydrogens is 228 g/mol. The number of nitriles is 1. The van der Waals surface area contributed by atoms with Gasteiger partial charge in [-0.1, -0.05) is 0 Å². The Morgan fingerprint density at radius 3 is 2.61 bits per heavy atom. The van der Waals surface area contributed by atoms with Crippen molar-refractivity contribution in [2.45, 2.75) is 6.92 Å². The van der Waals surface area contributed by atoms with E-state index < -0.39 is 0 Å². The lowest BCUT2D eigenvalue weighted by Gasteiger charge is -2.04. The molecule has 0 saturated heterocycles. The third-order valence-corrected chi connectivity index (χ3v) is 2.28. The number of hydrogen-bond donors (Lipinski definition) is 1. The van der Waals surface area contributed by atoms with Crippen LogP contribution in [0, 0.1) is 18.3 Å². The molecule has 18 heavy (non-hydrogen) atoms. The summed E-state index contributed by atoms with van der Waals surface area (Å²) in [5.74, 6) is 0.243. The molecule has 1 aromatic carbocycles. The summed E-state index contributed by atoms with van der Waals surface area (Å²) in [7, 11) is 0. The van der Waals surface area contributed by atoms with Gasteiger partial charge in [-0.25, -0.2) is 9.97 Å². The molecule has 0 spiro atoms. The van der Waals surface area contributed by atoms with E-state index in [9.17, 15) is 4.79 Å². The average Bonchev–Trinajstić information content (AvgIpc) is 2.39. The van der Waals surface area contributed by atoms with Crippen molar-refractivity contribution in [2.75, 3.05) is 5.32 Å². The lowest BCUT2D eigenvalue weighted by Crippen LogP contribution is -2.14. The topological polar surface area (TPSA) is 78.7 Å². The zero-order valence-electron chi connectivity index (χ0n) is 9.71. The Morgan fingerprint density at radius 1 is 1.28 bits per heavy atom. The second-order valence-electron chi connectivity index (χ2n) is 3.63. The molecule has 0 saturated carbocycles. The number of carbonyl (C=O) groups is 1. The number of nitrogens with one attached hydrogen (secondary N) is 1. The molecule has 0 fully saturated rings. The van der Waals surface area contributed by atoms with Crippen molar-refractivity contribution in [3.8, 4) is 6.07 Å². The number of benzene rings is 1. The van der Waals surface area contributed by atoms with Crippen LogP contribution in [0.3, 0.4) is 0 Å². The number of rotatable bonds is 2. The van der Waals surface area contributed by atoms with Crippen molar-refractivity contribution in [1.29, 1.82) is 5.26 Å². The standard InChI is InChI=1S/C13H10N4O/c1-9-15-7-6-12(16-9)13(18)17-11-4-2-10(8-14)3-5-11/h2-7H,1H3,(H,17,18). The highest BCUT2D eigenvalue weighted by Gasteiger charge is 2.07. The van der Waals surface area contributed by atoms with Gasteiger partial charge in [0.05, 0.1) is 11.6 Å². The lowest BCUT2D eigenvalue weighted by molar-refractivity contribution is 0.102. The van der Waals surface area contributed by atoms with E-state index in [4.69, 9.17) is 5.26 Å². The molecule has 1 aromatic heterocycles. The van der Waals surface area contributed by atoms with E-state index in [1.807, 2.05) is 6.07 Å². The number of nitrogens with zero attached hydrogens (tertiary/aromatic N) is 3. The minimum absolute atomic E-state index is 0.301. The number of amides is 1. The van der Waals surface area contributed by atoms with Crippen molar-refractivity contribution in [2.24, 2.45) is 0 Å². The Labute approximate surface area is 104 Å². The maximum atomic E-state index is 11.9. The molecule has 0 unspecified atom stereocenters. The molecular formula is C13H10N4O. The molecule has 0 atom stereocenters. The molecule has 1 heterocycles. The number of anilines is 1. The summed E-state index contributed by atoms with van der Waals surface area (Å²) >= 11 is 0. The van der Waals surface area contributed by atoms with Gasteiger partial charge < -0.3 is 5.32 Å². The Hall–Kier alpha value is -2.74. The summed E-state index contributed by atoms with van der Waals surface area (Å²) < 4.78 is 0. The van der Waals surface area contributed by atoms with Gasteiger partial charge in [-0.15, -0.1) is 0 Å². The van der Waals surface area contributed by atoms with E-state index in [0.717, 1.165) is 0 Å². The average molecular weight is 238 g/mol. The molecule has 0 aliphatic rings. The van der Waals surface area contributed by atoms with Crippen LogP contribution in [0.5, 0.6) is 0 Å². The van der Waals surface area contributed by atoms with Gasteiger partial charge in [0, 0.05) is 11.9 Å². The van der Waals surface area contributed by atoms with Crippen molar-refractivity contribution in [3.05, 3.63) is 53.6 Å². The second kappa shape index (κ2) is 5.06. The quantitative estimate of drug-likeness (QED) is 0.866.